The van der Waals surface area contributed by atoms with Crippen molar-refractivity contribution < 1.29 is 14.6 Å². The van der Waals surface area contributed by atoms with Crippen molar-refractivity contribution in [2.24, 2.45) is 16.2 Å². The Morgan fingerprint density at radius 3 is 2.52 bits per heavy atom. The lowest BCUT2D eigenvalue weighted by Crippen LogP contribution is -2.62. The predicted molar refractivity (Wildman–Crippen MR) is 77.0 cm³/mol. The van der Waals surface area contributed by atoms with E-state index in [1.165, 1.54) is 7.11 Å². The van der Waals surface area contributed by atoms with Crippen LogP contribution in [0.1, 0.15) is 52.4 Å². The summed E-state index contributed by atoms with van der Waals surface area (Å²) in [6, 6.07) is 2.50. The van der Waals surface area contributed by atoms with Crippen molar-refractivity contribution in [3.63, 3.8) is 0 Å². The quantitative estimate of drug-likeness (QED) is 0.627. The van der Waals surface area contributed by atoms with E-state index in [2.05, 4.69) is 13.0 Å². The fourth-order valence-electron chi connectivity index (χ4n) is 6.12. The second-order valence-electron chi connectivity index (χ2n) is 8.17. The minimum absolute atomic E-state index is 0.00781. The number of methoxy groups -OCH3 is 1. The Labute approximate surface area is 125 Å². The van der Waals surface area contributed by atoms with Gasteiger partial charge >= 0.3 is 5.97 Å². The Morgan fingerprint density at radius 2 is 1.95 bits per heavy atom. The predicted octanol–water partition coefficient (Wildman–Crippen LogP) is 2.72. The fraction of sp³-hybridized carbons (Fsp3) is 0.765. The zero-order valence-corrected chi connectivity index (χ0v) is 13.0. The molecule has 4 heteroatoms. The van der Waals surface area contributed by atoms with Gasteiger partial charge in [0.05, 0.1) is 24.2 Å². The summed E-state index contributed by atoms with van der Waals surface area (Å²) in [5, 5.41) is 20.6. The van der Waals surface area contributed by atoms with Crippen LogP contribution < -0.4 is 0 Å². The Kier molecular flexibility index (Phi) is 2.85. The average Bonchev–Trinajstić information content (AvgIpc) is 2.32. The van der Waals surface area contributed by atoms with Crippen molar-refractivity contribution in [1.82, 2.24) is 0 Å². The Hall–Kier alpha value is -1.34. The van der Waals surface area contributed by atoms with Crippen LogP contribution in [0.2, 0.25) is 0 Å². The largest absolute Gasteiger partial charge is 0.466 e. The monoisotopic (exact) mass is 289 g/mol. The summed E-state index contributed by atoms with van der Waals surface area (Å²) in [6.45, 7) is 3.94. The molecule has 1 N–H and O–H groups in total. The molecule has 4 bridgehead atoms. The number of hydrogen-bond donors (Lipinski definition) is 1. The number of ether oxygens (including phenoxy) is 1. The first kappa shape index (κ1) is 14.6. The molecule has 0 heterocycles. The fourth-order valence-corrected chi connectivity index (χ4v) is 6.12. The van der Waals surface area contributed by atoms with E-state index in [9.17, 15) is 15.2 Å². The van der Waals surface area contributed by atoms with Gasteiger partial charge in [-0.05, 0) is 56.3 Å². The average molecular weight is 289 g/mol. The molecule has 0 aliphatic heterocycles. The molecule has 114 valence electrons. The SMILES string of the molecule is COC(=O)/C(C)=C/C12CC3(C)CC(O)(CC(C#N)(C3)C1)C2. The number of allylic oxidation sites excluding steroid dienone is 1. The molecule has 0 spiro atoms. The lowest BCUT2D eigenvalue weighted by Gasteiger charge is -2.66. The molecular weight excluding hydrogens is 266 g/mol. The molecule has 0 amide bonds. The second kappa shape index (κ2) is 4.10. The maximum absolute atomic E-state index is 11.7. The highest BCUT2D eigenvalue weighted by atomic mass is 16.5. The molecule has 0 aromatic heterocycles. The number of nitriles is 1. The molecule has 4 fully saturated rings. The highest BCUT2D eigenvalue weighted by Crippen LogP contribution is 2.71. The van der Waals surface area contributed by atoms with Gasteiger partial charge in [0.2, 0.25) is 0 Å². The summed E-state index contributed by atoms with van der Waals surface area (Å²) in [5.74, 6) is -0.325. The molecule has 4 saturated carbocycles. The molecule has 4 unspecified atom stereocenters. The molecule has 4 rings (SSSR count). The number of esters is 1. The number of carbonyl (C=O) groups is 1. The van der Waals surface area contributed by atoms with E-state index in [1.807, 2.05) is 6.08 Å². The van der Waals surface area contributed by atoms with E-state index in [0.717, 1.165) is 25.7 Å². The van der Waals surface area contributed by atoms with Gasteiger partial charge in [0.15, 0.2) is 0 Å². The maximum Gasteiger partial charge on any atom is 0.333 e. The lowest BCUT2D eigenvalue weighted by molar-refractivity contribution is -0.200. The molecule has 0 aromatic carbocycles. The molecule has 4 atom stereocenters. The number of carbonyl (C=O) groups excluding carboxylic acids is 1. The normalized spacial score (nSPS) is 48.0. The van der Waals surface area contributed by atoms with Gasteiger partial charge in [0.1, 0.15) is 0 Å². The number of rotatable bonds is 2. The van der Waals surface area contributed by atoms with Crippen LogP contribution in [0.4, 0.5) is 0 Å². The number of aliphatic hydroxyl groups is 1. The van der Waals surface area contributed by atoms with Crippen LogP contribution in [0.25, 0.3) is 0 Å². The third-order valence-corrected chi connectivity index (χ3v) is 5.61. The molecule has 4 nitrogen and oxygen atoms in total. The van der Waals surface area contributed by atoms with Crippen molar-refractivity contribution in [3.05, 3.63) is 11.6 Å². The lowest BCUT2D eigenvalue weighted by atomic mass is 9.39. The summed E-state index contributed by atoms with van der Waals surface area (Å²) >= 11 is 0. The van der Waals surface area contributed by atoms with Crippen molar-refractivity contribution in [2.45, 2.75) is 58.0 Å². The zero-order chi connectivity index (χ0) is 15.5. The maximum atomic E-state index is 11.7. The van der Waals surface area contributed by atoms with Crippen molar-refractivity contribution in [2.75, 3.05) is 7.11 Å². The van der Waals surface area contributed by atoms with Gasteiger partial charge in [-0.3, -0.25) is 0 Å². The van der Waals surface area contributed by atoms with E-state index < -0.39 is 11.0 Å². The van der Waals surface area contributed by atoms with E-state index in [1.54, 1.807) is 6.92 Å². The number of nitrogens with zero attached hydrogens (tertiary/aromatic N) is 1. The van der Waals surface area contributed by atoms with Gasteiger partial charge < -0.3 is 9.84 Å². The molecule has 0 saturated heterocycles. The molecular formula is C17H23NO3. The van der Waals surface area contributed by atoms with Gasteiger partial charge in [0, 0.05) is 5.57 Å². The van der Waals surface area contributed by atoms with E-state index in [0.29, 0.717) is 18.4 Å². The van der Waals surface area contributed by atoms with Crippen LogP contribution >= 0.6 is 0 Å². The molecule has 0 aromatic rings. The van der Waals surface area contributed by atoms with E-state index in [-0.39, 0.29) is 16.8 Å². The Balaban J connectivity index is 2.04. The smallest absolute Gasteiger partial charge is 0.333 e. The number of hydrogen-bond acceptors (Lipinski definition) is 4. The summed E-state index contributed by atoms with van der Waals surface area (Å²) in [6.07, 6.45) is 6.56. The Morgan fingerprint density at radius 1 is 1.24 bits per heavy atom. The van der Waals surface area contributed by atoms with Crippen LogP contribution in [0.15, 0.2) is 11.6 Å². The first-order valence-electron chi connectivity index (χ1n) is 7.58. The highest BCUT2D eigenvalue weighted by Gasteiger charge is 2.66. The van der Waals surface area contributed by atoms with Crippen LogP contribution in [0.3, 0.4) is 0 Å². The molecule has 4 aliphatic rings. The van der Waals surface area contributed by atoms with Crippen LogP contribution in [-0.2, 0) is 9.53 Å². The van der Waals surface area contributed by atoms with E-state index >= 15 is 0 Å². The first-order chi connectivity index (χ1) is 9.67. The zero-order valence-electron chi connectivity index (χ0n) is 13.0. The summed E-state index contributed by atoms with van der Waals surface area (Å²) in [4.78, 5) is 11.7. The summed E-state index contributed by atoms with van der Waals surface area (Å²) in [7, 11) is 1.38. The van der Waals surface area contributed by atoms with Gasteiger partial charge in [0.25, 0.3) is 0 Å². The van der Waals surface area contributed by atoms with Crippen molar-refractivity contribution in [1.29, 1.82) is 5.26 Å². The summed E-state index contributed by atoms with van der Waals surface area (Å²) in [5.41, 5.74) is -0.866. The van der Waals surface area contributed by atoms with Crippen LogP contribution in [-0.4, -0.2) is 23.8 Å². The van der Waals surface area contributed by atoms with Crippen molar-refractivity contribution in [3.8, 4) is 6.07 Å². The highest BCUT2D eigenvalue weighted by molar-refractivity contribution is 5.87. The Bertz CT molecular complexity index is 553. The first-order valence-corrected chi connectivity index (χ1v) is 7.58. The van der Waals surface area contributed by atoms with Crippen molar-refractivity contribution >= 4 is 5.97 Å². The molecule has 21 heavy (non-hydrogen) atoms. The summed E-state index contributed by atoms with van der Waals surface area (Å²) < 4.78 is 4.79. The second-order valence-corrected chi connectivity index (χ2v) is 8.17. The van der Waals surface area contributed by atoms with Gasteiger partial charge in [-0.15, -0.1) is 0 Å². The minimum atomic E-state index is -0.758. The molecule has 0 radical (unpaired) electrons. The van der Waals surface area contributed by atoms with Crippen LogP contribution in [0.5, 0.6) is 0 Å². The minimum Gasteiger partial charge on any atom is -0.466 e. The standard InChI is InChI=1S/C17H23NO3/c1-12(13(19)21-3)4-15-5-14(2)6-16(8-15,11-18)10-17(20,7-14)9-15/h4,20H,5-10H2,1-3H3/b12-4+. The van der Waals surface area contributed by atoms with E-state index in [4.69, 9.17) is 4.74 Å². The van der Waals surface area contributed by atoms with Gasteiger partial charge in [-0.2, -0.15) is 5.26 Å². The third kappa shape index (κ3) is 2.19. The van der Waals surface area contributed by atoms with Crippen LogP contribution in [0, 0.1) is 27.6 Å². The third-order valence-electron chi connectivity index (χ3n) is 5.61. The van der Waals surface area contributed by atoms with Gasteiger partial charge in [-0.1, -0.05) is 13.0 Å². The molecule has 4 aliphatic carbocycles. The topological polar surface area (TPSA) is 70.3 Å². The van der Waals surface area contributed by atoms with Gasteiger partial charge in [-0.25, -0.2) is 4.79 Å².